The monoisotopic (exact) mass is 227 g/mol. The summed E-state index contributed by atoms with van der Waals surface area (Å²) in [7, 11) is 1.56. The molecule has 1 aromatic rings. The Morgan fingerprint density at radius 3 is 2.67 bits per heavy atom. The van der Waals surface area contributed by atoms with E-state index < -0.39 is 0 Å². The average molecular weight is 228 g/mol. The van der Waals surface area contributed by atoms with Crippen LogP contribution in [-0.2, 0) is 6.42 Å². The summed E-state index contributed by atoms with van der Waals surface area (Å²) in [6.45, 7) is 1.94. The zero-order chi connectivity index (χ0) is 11.4. The molecule has 0 aromatic heterocycles. The first-order valence-electron chi connectivity index (χ1n) is 4.73. The van der Waals surface area contributed by atoms with Gasteiger partial charge in [-0.05, 0) is 18.6 Å². The number of halogens is 1. The van der Waals surface area contributed by atoms with Gasteiger partial charge in [0.1, 0.15) is 5.75 Å². The zero-order valence-electron chi connectivity index (χ0n) is 8.84. The Morgan fingerprint density at radius 1 is 1.53 bits per heavy atom. The van der Waals surface area contributed by atoms with Crippen LogP contribution in [0.2, 0.25) is 5.02 Å². The van der Waals surface area contributed by atoms with E-state index in [1.165, 1.54) is 0 Å². The maximum absolute atomic E-state index is 11.6. The molecule has 0 fully saturated rings. The molecule has 0 unspecified atom stereocenters. The lowest BCUT2D eigenvalue weighted by atomic mass is 10.0. The summed E-state index contributed by atoms with van der Waals surface area (Å²) < 4.78 is 5.17. The fourth-order valence-corrected chi connectivity index (χ4v) is 1.73. The van der Waals surface area contributed by atoms with Crippen LogP contribution in [-0.4, -0.2) is 19.4 Å². The van der Waals surface area contributed by atoms with Gasteiger partial charge in [0.15, 0.2) is 5.78 Å². The van der Waals surface area contributed by atoms with Crippen LogP contribution in [0.4, 0.5) is 0 Å². The number of hydrogen-bond donors (Lipinski definition) is 1. The summed E-state index contributed by atoms with van der Waals surface area (Å²) in [6, 6.07) is 3.34. The van der Waals surface area contributed by atoms with Crippen molar-refractivity contribution in [3.63, 3.8) is 0 Å². The summed E-state index contributed by atoms with van der Waals surface area (Å²) in [5.74, 6) is 0.523. The Labute approximate surface area is 94.2 Å². The number of ketones is 1. The standard InChI is InChI=1S/C11H14ClNO2/c1-3-8-9(10(14)6-13)4-7(12)5-11(8)15-2/h4-5H,3,6,13H2,1-2H3. The minimum Gasteiger partial charge on any atom is -0.496 e. The van der Waals surface area contributed by atoms with E-state index >= 15 is 0 Å². The molecule has 2 N–H and O–H groups in total. The number of hydrogen-bond acceptors (Lipinski definition) is 3. The quantitative estimate of drug-likeness (QED) is 0.801. The average Bonchev–Trinajstić information content (AvgIpc) is 2.26. The van der Waals surface area contributed by atoms with Crippen molar-refractivity contribution in [2.45, 2.75) is 13.3 Å². The number of benzene rings is 1. The van der Waals surface area contributed by atoms with Crippen LogP contribution in [0.5, 0.6) is 5.75 Å². The predicted octanol–water partition coefficient (Wildman–Crippen LogP) is 2.05. The lowest BCUT2D eigenvalue weighted by Gasteiger charge is -2.11. The molecule has 0 bridgehead atoms. The van der Waals surface area contributed by atoms with E-state index in [2.05, 4.69) is 0 Å². The summed E-state index contributed by atoms with van der Waals surface area (Å²) in [5, 5.41) is 0.487. The van der Waals surface area contributed by atoms with E-state index in [0.29, 0.717) is 22.8 Å². The number of methoxy groups -OCH3 is 1. The molecule has 0 aliphatic heterocycles. The highest BCUT2D eigenvalue weighted by molar-refractivity contribution is 6.31. The summed E-state index contributed by atoms with van der Waals surface area (Å²) >= 11 is 5.89. The fourth-order valence-electron chi connectivity index (χ4n) is 1.52. The molecule has 1 rings (SSSR count). The molecule has 0 saturated heterocycles. The van der Waals surface area contributed by atoms with Crippen molar-refractivity contribution >= 4 is 17.4 Å². The van der Waals surface area contributed by atoms with Gasteiger partial charge in [-0.25, -0.2) is 0 Å². The van der Waals surface area contributed by atoms with Gasteiger partial charge in [-0.2, -0.15) is 0 Å². The molecule has 0 heterocycles. The number of ether oxygens (including phenoxy) is 1. The van der Waals surface area contributed by atoms with Crippen LogP contribution in [0.1, 0.15) is 22.8 Å². The lowest BCUT2D eigenvalue weighted by Crippen LogP contribution is -2.16. The lowest BCUT2D eigenvalue weighted by molar-refractivity contribution is 0.1000. The van der Waals surface area contributed by atoms with Gasteiger partial charge in [0.2, 0.25) is 0 Å². The maximum Gasteiger partial charge on any atom is 0.176 e. The van der Waals surface area contributed by atoms with Crippen molar-refractivity contribution in [3.05, 3.63) is 28.3 Å². The molecular formula is C11H14ClNO2. The summed E-state index contributed by atoms with van der Waals surface area (Å²) in [5.41, 5.74) is 6.75. The van der Waals surface area contributed by atoms with Gasteiger partial charge in [-0.15, -0.1) is 0 Å². The highest BCUT2D eigenvalue weighted by Crippen LogP contribution is 2.28. The van der Waals surface area contributed by atoms with E-state index in [-0.39, 0.29) is 12.3 Å². The van der Waals surface area contributed by atoms with Crippen LogP contribution < -0.4 is 10.5 Å². The van der Waals surface area contributed by atoms with Crippen molar-refractivity contribution in [3.8, 4) is 5.75 Å². The number of nitrogens with two attached hydrogens (primary N) is 1. The SMILES string of the molecule is CCc1c(OC)cc(Cl)cc1C(=O)CN. The van der Waals surface area contributed by atoms with Crippen molar-refractivity contribution < 1.29 is 9.53 Å². The van der Waals surface area contributed by atoms with Crippen LogP contribution in [0, 0.1) is 0 Å². The predicted molar refractivity (Wildman–Crippen MR) is 60.8 cm³/mol. The van der Waals surface area contributed by atoms with Gasteiger partial charge in [-0.3, -0.25) is 4.79 Å². The smallest absolute Gasteiger partial charge is 0.176 e. The second-order valence-corrected chi connectivity index (χ2v) is 3.55. The van der Waals surface area contributed by atoms with Gasteiger partial charge in [0, 0.05) is 16.1 Å². The minimum atomic E-state index is -0.118. The molecule has 0 saturated carbocycles. The van der Waals surface area contributed by atoms with Crippen LogP contribution in [0.3, 0.4) is 0 Å². The first-order chi connectivity index (χ1) is 7.13. The second-order valence-electron chi connectivity index (χ2n) is 3.12. The van der Waals surface area contributed by atoms with Gasteiger partial charge >= 0.3 is 0 Å². The number of Topliss-reactive ketones (excluding diaryl/α,β-unsaturated/α-hetero) is 1. The van der Waals surface area contributed by atoms with E-state index in [0.717, 1.165) is 5.56 Å². The van der Waals surface area contributed by atoms with Crippen molar-refractivity contribution in [2.24, 2.45) is 5.73 Å². The Bertz CT molecular complexity index is 377. The van der Waals surface area contributed by atoms with Gasteiger partial charge in [0.25, 0.3) is 0 Å². The second kappa shape index (κ2) is 5.14. The van der Waals surface area contributed by atoms with Crippen LogP contribution in [0.25, 0.3) is 0 Å². The van der Waals surface area contributed by atoms with Crippen LogP contribution >= 0.6 is 11.6 Å². The van der Waals surface area contributed by atoms with Crippen molar-refractivity contribution in [1.29, 1.82) is 0 Å². The molecule has 82 valence electrons. The Kier molecular flexibility index (Phi) is 4.12. The Hall–Kier alpha value is -1.06. The van der Waals surface area contributed by atoms with E-state index in [1.54, 1.807) is 19.2 Å². The van der Waals surface area contributed by atoms with Crippen LogP contribution in [0.15, 0.2) is 12.1 Å². The molecule has 0 atom stereocenters. The highest BCUT2D eigenvalue weighted by atomic mass is 35.5. The molecule has 0 aliphatic carbocycles. The van der Waals surface area contributed by atoms with E-state index in [9.17, 15) is 4.79 Å². The molecule has 4 heteroatoms. The Balaban J connectivity index is 3.35. The number of carbonyl (C=O) groups excluding carboxylic acids is 1. The molecule has 0 amide bonds. The van der Waals surface area contributed by atoms with Crippen molar-refractivity contribution in [2.75, 3.05) is 13.7 Å². The fraction of sp³-hybridized carbons (Fsp3) is 0.364. The maximum atomic E-state index is 11.6. The van der Waals surface area contributed by atoms with E-state index in [1.807, 2.05) is 6.92 Å². The summed E-state index contributed by atoms with van der Waals surface area (Å²) in [6.07, 6.45) is 0.710. The highest BCUT2D eigenvalue weighted by Gasteiger charge is 2.14. The first-order valence-corrected chi connectivity index (χ1v) is 5.11. The minimum absolute atomic E-state index is 0.0174. The number of carbonyl (C=O) groups is 1. The molecule has 3 nitrogen and oxygen atoms in total. The van der Waals surface area contributed by atoms with E-state index in [4.69, 9.17) is 22.1 Å². The number of rotatable bonds is 4. The third-order valence-electron chi connectivity index (χ3n) is 2.23. The third kappa shape index (κ3) is 2.49. The molecular weight excluding hydrogens is 214 g/mol. The normalized spacial score (nSPS) is 10.1. The topological polar surface area (TPSA) is 52.3 Å². The Morgan fingerprint density at radius 2 is 2.20 bits per heavy atom. The molecule has 0 radical (unpaired) electrons. The zero-order valence-corrected chi connectivity index (χ0v) is 9.60. The van der Waals surface area contributed by atoms with Gasteiger partial charge in [-0.1, -0.05) is 18.5 Å². The summed E-state index contributed by atoms with van der Waals surface area (Å²) in [4.78, 5) is 11.6. The third-order valence-corrected chi connectivity index (χ3v) is 2.45. The molecule has 1 aromatic carbocycles. The molecule has 0 aliphatic rings. The molecule has 15 heavy (non-hydrogen) atoms. The van der Waals surface area contributed by atoms with Gasteiger partial charge in [0.05, 0.1) is 13.7 Å². The molecule has 0 spiro atoms. The largest absolute Gasteiger partial charge is 0.496 e. The first kappa shape index (κ1) is 12.0. The van der Waals surface area contributed by atoms with Gasteiger partial charge < -0.3 is 10.5 Å². The van der Waals surface area contributed by atoms with Crippen molar-refractivity contribution in [1.82, 2.24) is 0 Å².